The largest absolute Gasteiger partial charge is 0.543 e. The van der Waals surface area contributed by atoms with E-state index in [9.17, 15) is 29.4 Å². The molecule has 0 radical (unpaired) electrons. The Hall–Kier alpha value is -4.48. The third-order valence-corrected chi connectivity index (χ3v) is 9.40. The Bertz CT molecular complexity index is 1730. The van der Waals surface area contributed by atoms with Crippen LogP contribution in [-0.2, 0) is 37.1 Å². The fourth-order valence-electron chi connectivity index (χ4n) is 4.98. The van der Waals surface area contributed by atoms with Crippen molar-refractivity contribution in [3.05, 3.63) is 52.9 Å². The van der Waals surface area contributed by atoms with Crippen molar-refractivity contribution < 1.29 is 38.8 Å². The summed E-state index contributed by atoms with van der Waals surface area (Å²) in [5.41, 5.74) is 5.78. The van der Waals surface area contributed by atoms with Gasteiger partial charge >= 0.3 is 5.97 Å². The molecule has 0 unspecified atom stereocenters. The van der Waals surface area contributed by atoms with Crippen molar-refractivity contribution in [3.8, 4) is 0 Å². The van der Waals surface area contributed by atoms with Crippen LogP contribution in [0.25, 0.3) is 11.0 Å². The fourth-order valence-corrected chi connectivity index (χ4v) is 6.87. The summed E-state index contributed by atoms with van der Waals surface area (Å²) in [6.07, 6.45) is 4.80. The maximum absolute atomic E-state index is 13.3. The summed E-state index contributed by atoms with van der Waals surface area (Å²) in [6, 6.07) is 4.78. The molecule has 1 fully saturated rings. The van der Waals surface area contributed by atoms with Crippen molar-refractivity contribution in [2.24, 2.45) is 5.16 Å². The number of thiazole rings is 1. The van der Waals surface area contributed by atoms with Gasteiger partial charge in [0.2, 0.25) is 11.1 Å². The highest BCUT2D eigenvalue weighted by Crippen LogP contribution is 2.40. The molecule has 2 aliphatic heterocycles. The normalized spacial score (nSPS) is 18.5. The number of anilines is 1. The molecule has 0 aromatic carbocycles. The monoisotopic (exact) mass is 656 g/mol. The van der Waals surface area contributed by atoms with Gasteiger partial charge in [-0.2, -0.15) is 4.57 Å². The van der Waals surface area contributed by atoms with Gasteiger partial charge in [-0.3, -0.25) is 14.5 Å². The summed E-state index contributed by atoms with van der Waals surface area (Å²) >= 11 is 2.33. The SMILES string of the molecule is CNCCCn1ccc2c1ccc[n+]2CC1=C(C(=O)[O-])N2C(=O)[C@@H](NC(=O)/C(=N\OC(C)(C)C(=O)O)c3csc(N)n3)[C@H]2SC1. The lowest BCUT2D eigenvalue weighted by Gasteiger charge is -2.50. The number of oxime groups is 1. The van der Waals surface area contributed by atoms with Crippen LogP contribution < -0.4 is 26.0 Å². The van der Waals surface area contributed by atoms with Gasteiger partial charge in [-0.25, -0.2) is 9.78 Å². The number of hydrogen-bond acceptors (Lipinski definition) is 12. The first kappa shape index (κ1) is 31.9. The van der Waals surface area contributed by atoms with E-state index in [1.807, 2.05) is 42.2 Å². The quantitative estimate of drug-likeness (QED) is 0.0593. The molecule has 3 aromatic heterocycles. The highest BCUT2D eigenvalue weighted by atomic mass is 32.2. The van der Waals surface area contributed by atoms with E-state index < -0.39 is 40.8 Å². The van der Waals surface area contributed by atoms with Crippen LogP contribution in [-0.4, -0.2) is 85.4 Å². The molecule has 45 heavy (non-hydrogen) atoms. The Morgan fingerprint density at radius 3 is 2.78 bits per heavy atom. The summed E-state index contributed by atoms with van der Waals surface area (Å²) < 4.78 is 4.08. The van der Waals surface area contributed by atoms with Crippen LogP contribution in [0, 0.1) is 0 Å². The van der Waals surface area contributed by atoms with Gasteiger partial charge in [0.05, 0.1) is 11.7 Å². The molecule has 5 heterocycles. The molecule has 2 atom stereocenters. The van der Waals surface area contributed by atoms with Gasteiger partial charge in [0.1, 0.15) is 22.6 Å². The second kappa shape index (κ2) is 12.9. The lowest BCUT2D eigenvalue weighted by molar-refractivity contribution is -0.663. The molecule has 2 amide bonds. The van der Waals surface area contributed by atoms with Crippen LogP contribution in [0.1, 0.15) is 26.0 Å². The molecule has 238 valence electrons. The zero-order chi connectivity index (χ0) is 32.5. The smallest absolute Gasteiger partial charge is 0.350 e. The van der Waals surface area contributed by atoms with E-state index in [1.54, 1.807) is 0 Å². The van der Waals surface area contributed by atoms with Crippen molar-refractivity contribution >= 4 is 68.7 Å². The van der Waals surface area contributed by atoms with Crippen LogP contribution in [0.3, 0.4) is 0 Å². The third kappa shape index (κ3) is 6.36. The van der Waals surface area contributed by atoms with Crippen molar-refractivity contribution in [1.29, 1.82) is 0 Å². The van der Waals surface area contributed by atoms with Crippen molar-refractivity contribution in [3.63, 3.8) is 0 Å². The summed E-state index contributed by atoms with van der Waals surface area (Å²) in [5, 5.41) is 32.1. The lowest BCUT2D eigenvalue weighted by Crippen LogP contribution is -2.71. The van der Waals surface area contributed by atoms with E-state index in [-0.39, 0.29) is 34.5 Å². The second-order valence-corrected chi connectivity index (χ2v) is 12.9. The number of carbonyl (C=O) groups excluding carboxylic acids is 3. The Morgan fingerprint density at radius 1 is 1.33 bits per heavy atom. The number of amides is 2. The first-order chi connectivity index (χ1) is 21.4. The van der Waals surface area contributed by atoms with Gasteiger partial charge in [-0.05, 0) is 39.9 Å². The number of rotatable bonds is 13. The predicted octanol–water partition coefficient (Wildman–Crippen LogP) is -0.735. The maximum atomic E-state index is 13.3. The molecule has 0 saturated carbocycles. The van der Waals surface area contributed by atoms with Gasteiger partial charge in [0.15, 0.2) is 23.6 Å². The molecule has 5 rings (SSSR count). The highest BCUT2D eigenvalue weighted by Gasteiger charge is 2.53. The molecule has 0 spiro atoms. The number of nitrogens with two attached hydrogens (primary N) is 1. The van der Waals surface area contributed by atoms with Gasteiger partial charge in [0.25, 0.3) is 11.8 Å². The zero-order valence-corrected chi connectivity index (χ0v) is 26.3. The molecular formula is C28H32N8O7S2. The first-order valence-corrected chi connectivity index (χ1v) is 15.9. The minimum atomic E-state index is -1.77. The molecule has 0 aliphatic carbocycles. The van der Waals surface area contributed by atoms with Gasteiger partial charge < -0.3 is 40.8 Å². The fraction of sp³-hybridized carbons (Fsp3) is 0.393. The number of pyridine rings is 1. The number of nitrogen functional groups attached to an aromatic ring is 1. The minimum Gasteiger partial charge on any atom is -0.543 e. The van der Waals surface area contributed by atoms with Crippen LogP contribution in [0.4, 0.5) is 5.13 Å². The van der Waals surface area contributed by atoms with Crippen LogP contribution in [0.5, 0.6) is 0 Å². The summed E-state index contributed by atoms with van der Waals surface area (Å²) in [5.74, 6) is -4.04. The number of carboxylic acid groups (broad SMARTS) is 2. The number of thioether (sulfide) groups is 1. The number of nitrogens with one attached hydrogen (secondary N) is 2. The van der Waals surface area contributed by atoms with Crippen molar-refractivity contribution in [2.75, 3.05) is 25.1 Å². The number of hydrogen-bond donors (Lipinski definition) is 4. The van der Waals surface area contributed by atoms with Gasteiger partial charge in [0, 0.05) is 41.6 Å². The zero-order valence-electron chi connectivity index (χ0n) is 24.7. The van der Waals surface area contributed by atoms with Crippen LogP contribution >= 0.6 is 23.1 Å². The average molecular weight is 657 g/mol. The number of carbonyl (C=O) groups is 4. The number of aliphatic carboxylic acids is 2. The summed E-state index contributed by atoms with van der Waals surface area (Å²) in [4.78, 5) is 60.8. The van der Waals surface area contributed by atoms with E-state index in [0.29, 0.717) is 5.57 Å². The number of carboxylic acids is 2. The molecule has 15 nitrogen and oxygen atoms in total. The molecule has 2 aliphatic rings. The van der Waals surface area contributed by atoms with E-state index >= 15 is 0 Å². The highest BCUT2D eigenvalue weighted by molar-refractivity contribution is 8.00. The van der Waals surface area contributed by atoms with E-state index in [4.69, 9.17) is 10.6 Å². The van der Waals surface area contributed by atoms with Gasteiger partial charge in [-0.1, -0.05) is 5.16 Å². The minimum absolute atomic E-state index is 0.0239. The summed E-state index contributed by atoms with van der Waals surface area (Å²) in [7, 11) is 1.90. The van der Waals surface area contributed by atoms with E-state index in [1.165, 1.54) is 31.0 Å². The van der Waals surface area contributed by atoms with Crippen molar-refractivity contribution in [1.82, 2.24) is 25.1 Å². The third-order valence-electron chi connectivity index (χ3n) is 7.39. The predicted molar refractivity (Wildman–Crippen MR) is 164 cm³/mol. The lowest BCUT2D eigenvalue weighted by atomic mass is 10.0. The van der Waals surface area contributed by atoms with Crippen molar-refractivity contribution in [2.45, 2.75) is 50.4 Å². The molecule has 17 heteroatoms. The summed E-state index contributed by atoms with van der Waals surface area (Å²) in [6.45, 7) is 4.42. The van der Waals surface area contributed by atoms with Crippen LogP contribution in [0.15, 0.2) is 52.4 Å². The Kier molecular flexibility index (Phi) is 9.13. The Morgan fingerprint density at radius 2 is 2.11 bits per heavy atom. The molecule has 0 bridgehead atoms. The number of nitrogens with zero attached hydrogens (tertiary/aromatic N) is 5. The molecule has 3 aromatic rings. The van der Waals surface area contributed by atoms with Gasteiger partial charge in [-0.15, -0.1) is 23.1 Å². The Labute approximate surface area is 265 Å². The number of aryl methyl sites for hydroxylation is 1. The maximum Gasteiger partial charge on any atom is 0.350 e. The van der Waals surface area contributed by atoms with E-state index in [2.05, 4.69) is 25.3 Å². The van der Waals surface area contributed by atoms with E-state index in [0.717, 1.165) is 46.8 Å². The standard InChI is InChI=1S/C28H32N8O7S2/c1-28(2,26(41)42)43-33-19(16-14-45-27(29)31-16)22(37)32-20-23(38)36-21(25(39)40)15(13-44-24(20)36)12-35-9-4-6-17-18(35)7-11-34(17)10-5-8-30-3/h4,6-7,9,11,14,20,24,30H,5,8,10,12-13H2,1-3H3,(H4-,29,31,32,37,39,40,41,42)/b33-19-/t20-,24-/m1/s1. The number of aromatic nitrogens is 3. The topological polar surface area (TPSA) is 208 Å². The molecule has 1 saturated heterocycles. The Balaban J connectivity index is 1.36. The average Bonchev–Trinajstić information content (AvgIpc) is 3.62. The first-order valence-electron chi connectivity index (χ1n) is 13.9. The molecule has 5 N–H and O–H groups in total. The molecular weight excluding hydrogens is 624 g/mol. The second-order valence-electron chi connectivity index (χ2n) is 10.9. The number of β-lactam (4-membered cyclic amide) rings is 1. The van der Waals surface area contributed by atoms with Crippen LogP contribution in [0.2, 0.25) is 0 Å². The number of fused-ring (bicyclic) bond motifs is 2.